The van der Waals surface area contributed by atoms with Crippen LogP contribution in [0.5, 0.6) is 0 Å². The average Bonchev–Trinajstić information content (AvgIpc) is 3.32. The molecule has 1 heterocycles. The van der Waals surface area contributed by atoms with Crippen molar-refractivity contribution in [3.63, 3.8) is 0 Å². The van der Waals surface area contributed by atoms with Crippen LogP contribution in [0.3, 0.4) is 0 Å². The molecule has 3 rings (SSSR count). The van der Waals surface area contributed by atoms with Gasteiger partial charge in [0, 0.05) is 24.7 Å². The van der Waals surface area contributed by atoms with Crippen LogP contribution in [0.25, 0.3) is 0 Å². The lowest BCUT2D eigenvalue weighted by molar-refractivity contribution is -0.129. The van der Waals surface area contributed by atoms with E-state index in [2.05, 4.69) is 15.5 Å². The van der Waals surface area contributed by atoms with Crippen LogP contribution in [-0.4, -0.2) is 39.3 Å². The summed E-state index contributed by atoms with van der Waals surface area (Å²) in [6, 6.07) is 6.87. The van der Waals surface area contributed by atoms with E-state index in [1.54, 1.807) is 23.1 Å². The molecule has 0 aliphatic heterocycles. The molecule has 1 N–H and O–H groups in total. The van der Waals surface area contributed by atoms with Gasteiger partial charge >= 0.3 is 0 Å². The summed E-state index contributed by atoms with van der Waals surface area (Å²) < 4.78 is 14.6. The molecule has 0 unspecified atom stereocenters. The number of rotatable bonds is 8. The first-order valence-electron chi connectivity index (χ1n) is 7.90. The third-order valence-corrected chi connectivity index (χ3v) is 5.66. The van der Waals surface area contributed by atoms with Crippen LogP contribution in [0.4, 0.5) is 9.52 Å². The number of nitrogens with one attached hydrogen (secondary N) is 1. The molecule has 1 aliphatic carbocycles. The normalized spacial score (nSPS) is 13.8. The highest BCUT2D eigenvalue weighted by Gasteiger charge is 2.33. The van der Waals surface area contributed by atoms with E-state index >= 15 is 0 Å². The van der Waals surface area contributed by atoms with Gasteiger partial charge in [-0.05, 0) is 25.8 Å². The molecule has 1 amide bonds. The van der Waals surface area contributed by atoms with Gasteiger partial charge < -0.3 is 10.2 Å². The van der Waals surface area contributed by atoms with Crippen molar-refractivity contribution >= 4 is 34.1 Å². The summed E-state index contributed by atoms with van der Waals surface area (Å²) in [7, 11) is 0. The number of anilines is 1. The van der Waals surface area contributed by atoms with Crippen molar-refractivity contribution in [3.05, 3.63) is 35.6 Å². The molecule has 24 heavy (non-hydrogen) atoms. The first-order valence-corrected chi connectivity index (χ1v) is 9.70. The Bertz CT molecular complexity index is 705. The molecule has 1 saturated carbocycles. The second kappa shape index (κ2) is 7.94. The van der Waals surface area contributed by atoms with Crippen LogP contribution >= 0.6 is 23.1 Å². The summed E-state index contributed by atoms with van der Waals surface area (Å²) in [6.07, 6.45) is 1.99. The smallest absolute Gasteiger partial charge is 0.233 e. The number of aromatic nitrogens is 2. The number of nitrogens with zero attached hydrogens (tertiary/aromatic N) is 3. The summed E-state index contributed by atoms with van der Waals surface area (Å²) in [5.41, 5.74) is 0.563. The summed E-state index contributed by atoms with van der Waals surface area (Å²) in [6.45, 7) is 3.11. The molecular weight excluding hydrogens is 347 g/mol. The summed E-state index contributed by atoms with van der Waals surface area (Å²) in [5, 5.41) is 11.9. The Kier molecular flexibility index (Phi) is 5.68. The first kappa shape index (κ1) is 17.2. The molecule has 0 spiro atoms. The maximum absolute atomic E-state index is 13.9. The van der Waals surface area contributed by atoms with E-state index in [0.717, 1.165) is 28.9 Å². The van der Waals surface area contributed by atoms with Crippen LogP contribution in [0.2, 0.25) is 0 Å². The fourth-order valence-corrected chi connectivity index (χ4v) is 4.02. The van der Waals surface area contributed by atoms with Crippen LogP contribution in [-0.2, 0) is 11.3 Å². The highest BCUT2D eigenvalue weighted by atomic mass is 32.2. The second-order valence-electron chi connectivity index (χ2n) is 5.54. The van der Waals surface area contributed by atoms with Gasteiger partial charge in [-0.3, -0.25) is 4.79 Å². The van der Waals surface area contributed by atoms with Crippen molar-refractivity contribution < 1.29 is 9.18 Å². The van der Waals surface area contributed by atoms with Crippen LogP contribution in [0.1, 0.15) is 25.3 Å². The van der Waals surface area contributed by atoms with Gasteiger partial charge in [-0.15, -0.1) is 10.2 Å². The maximum Gasteiger partial charge on any atom is 0.233 e. The minimum atomic E-state index is -0.261. The number of hydrogen-bond acceptors (Lipinski definition) is 6. The van der Waals surface area contributed by atoms with E-state index in [1.807, 2.05) is 6.92 Å². The SMILES string of the molecule is CCNc1nnc(SCC(=O)N(Cc2ccccc2F)C2CC2)s1. The molecule has 0 atom stereocenters. The van der Waals surface area contributed by atoms with E-state index in [1.165, 1.54) is 29.2 Å². The zero-order chi connectivity index (χ0) is 16.9. The standard InChI is InChI=1S/C16H19FN4OS2/c1-2-18-15-19-20-16(24-15)23-10-14(22)21(12-7-8-12)9-11-5-3-4-6-13(11)17/h3-6,12H,2,7-10H2,1H3,(H,18,19). The number of thioether (sulfide) groups is 1. The lowest BCUT2D eigenvalue weighted by atomic mass is 10.2. The molecular formula is C16H19FN4OS2. The Morgan fingerprint density at radius 2 is 2.21 bits per heavy atom. The molecule has 2 aromatic rings. The maximum atomic E-state index is 13.9. The zero-order valence-corrected chi connectivity index (χ0v) is 15.0. The van der Waals surface area contributed by atoms with Gasteiger partial charge in [-0.25, -0.2) is 4.39 Å². The Morgan fingerprint density at radius 1 is 1.42 bits per heavy atom. The van der Waals surface area contributed by atoms with E-state index < -0.39 is 0 Å². The second-order valence-corrected chi connectivity index (χ2v) is 7.74. The summed E-state index contributed by atoms with van der Waals surface area (Å²) >= 11 is 2.82. The van der Waals surface area contributed by atoms with Crippen LogP contribution in [0, 0.1) is 5.82 Å². The zero-order valence-electron chi connectivity index (χ0n) is 13.4. The number of hydrogen-bond donors (Lipinski definition) is 1. The number of amides is 1. The van der Waals surface area contributed by atoms with Gasteiger partial charge in [0.1, 0.15) is 5.82 Å². The number of benzene rings is 1. The Labute approximate surface area is 148 Å². The Hall–Kier alpha value is -1.67. The van der Waals surface area contributed by atoms with E-state index in [9.17, 15) is 9.18 Å². The molecule has 0 radical (unpaired) electrons. The predicted molar refractivity (Wildman–Crippen MR) is 94.8 cm³/mol. The fraction of sp³-hybridized carbons (Fsp3) is 0.438. The highest BCUT2D eigenvalue weighted by Crippen LogP contribution is 2.31. The number of carbonyl (C=O) groups is 1. The van der Waals surface area contributed by atoms with E-state index in [-0.39, 0.29) is 17.8 Å². The minimum absolute atomic E-state index is 0.0194. The Balaban J connectivity index is 1.59. The molecule has 1 fully saturated rings. The minimum Gasteiger partial charge on any atom is -0.360 e. The first-order chi connectivity index (χ1) is 11.7. The van der Waals surface area contributed by atoms with Gasteiger partial charge in [0.25, 0.3) is 0 Å². The largest absolute Gasteiger partial charge is 0.360 e. The predicted octanol–water partition coefficient (Wildman–Crippen LogP) is 3.39. The fourth-order valence-electron chi connectivity index (χ4n) is 2.31. The van der Waals surface area contributed by atoms with Gasteiger partial charge in [-0.1, -0.05) is 41.3 Å². The van der Waals surface area contributed by atoms with Crippen molar-refractivity contribution in [2.75, 3.05) is 17.6 Å². The Morgan fingerprint density at radius 3 is 2.92 bits per heavy atom. The highest BCUT2D eigenvalue weighted by molar-refractivity contribution is 8.01. The lowest BCUT2D eigenvalue weighted by Crippen LogP contribution is -2.34. The van der Waals surface area contributed by atoms with Gasteiger partial charge in [0.15, 0.2) is 4.34 Å². The van der Waals surface area contributed by atoms with Crippen LogP contribution in [0.15, 0.2) is 28.6 Å². The van der Waals surface area contributed by atoms with Crippen molar-refractivity contribution in [1.29, 1.82) is 0 Å². The molecule has 1 aliphatic rings. The third kappa shape index (κ3) is 4.45. The van der Waals surface area contributed by atoms with Crippen molar-refractivity contribution in [2.45, 2.75) is 36.7 Å². The van der Waals surface area contributed by atoms with Gasteiger partial charge in [0.2, 0.25) is 11.0 Å². The number of halogens is 1. The monoisotopic (exact) mass is 366 g/mol. The van der Waals surface area contributed by atoms with E-state index in [4.69, 9.17) is 0 Å². The summed E-state index contributed by atoms with van der Waals surface area (Å²) in [5.74, 6) is 0.0556. The molecule has 0 saturated heterocycles. The van der Waals surface area contributed by atoms with Gasteiger partial charge in [0.05, 0.1) is 5.75 Å². The molecule has 0 bridgehead atoms. The van der Waals surface area contributed by atoms with Crippen LogP contribution < -0.4 is 5.32 Å². The lowest BCUT2D eigenvalue weighted by Gasteiger charge is -2.22. The van der Waals surface area contributed by atoms with Crippen molar-refractivity contribution in [3.8, 4) is 0 Å². The third-order valence-electron chi connectivity index (χ3n) is 3.66. The molecule has 1 aromatic heterocycles. The topological polar surface area (TPSA) is 58.1 Å². The summed E-state index contributed by atoms with van der Waals surface area (Å²) in [4.78, 5) is 14.4. The van der Waals surface area contributed by atoms with Crippen molar-refractivity contribution in [1.82, 2.24) is 15.1 Å². The molecule has 8 heteroatoms. The molecule has 1 aromatic carbocycles. The number of carbonyl (C=O) groups excluding carboxylic acids is 1. The molecule has 128 valence electrons. The molecule has 5 nitrogen and oxygen atoms in total. The van der Waals surface area contributed by atoms with Gasteiger partial charge in [-0.2, -0.15) is 0 Å². The van der Waals surface area contributed by atoms with E-state index in [0.29, 0.717) is 17.9 Å². The quantitative estimate of drug-likeness (QED) is 0.726. The average molecular weight is 366 g/mol. The van der Waals surface area contributed by atoms with Crippen molar-refractivity contribution in [2.24, 2.45) is 0 Å².